The van der Waals surface area contributed by atoms with Gasteiger partial charge in [-0.1, -0.05) is 43.2 Å². The van der Waals surface area contributed by atoms with E-state index in [1.54, 1.807) is 0 Å². The molecule has 0 radical (unpaired) electrons. The molecule has 2 N–H and O–H groups in total. The summed E-state index contributed by atoms with van der Waals surface area (Å²) in [5.41, 5.74) is 2.19. The number of aryl methyl sites for hydroxylation is 1. The Labute approximate surface area is 183 Å². The zero-order chi connectivity index (χ0) is 21.6. The number of rotatable bonds is 7. The third kappa shape index (κ3) is 5.31. The first-order valence-electron chi connectivity index (χ1n) is 11.1. The molecule has 4 rings (SSSR count). The fourth-order valence-corrected chi connectivity index (χ4v) is 3.94. The van der Waals surface area contributed by atoms with Crippen LogP contribution in [0.1, 0.15) is 67.6 Å². The van der Waals surface area contributed by atoms with Crippen LogP contribution in [-0.4, -0.2) is 30.5 Å². The Morgan fingerprint density at radius 2 is 1.94 bits per heavy atom. The van der Waals surface area contributed by atoms with Gasteiger partial charge in [-0.3, -0.25) is 4.68 Å². The lowest BCUT2D eigenvalue weighted by Gasteiger charge is -2.18. The molecule has 31 heavy (non-hydrogen) atoms. The van der Waals surface area contributed by atoms with Gasteiger partial charge in [-0.25, -0.2) is 4.99 Å². The van der Waals surface area contributed by atoms with Gasteiger partial charge in [0.05, 0.1) is 30.9 Å². The van der Waals surface area contributed by atoms with Crippen molar-refractivity contribution in [2.24, 2.45) is 12.0 Å². The zero-order valence-corrected chi connectivity index (χ0v) is 18.6. The van der Waals surface area contributed by atoms with Crippen molar-refractivity contribution in [2.75, 3.05) is 0 Å². The van der Waals surface area contributed by atoms with Crippen molar-refractivity contribution in [2.45, 2.75) is 64.7 Å². The number of hydrogen-bond donors (Lipinski definition) is 2. The molecule has 8 heteroatoms. The van der Waals surface area contributed by atoms with E-state index in [9.17, 15) is 0 Å². The maximum absolute atomic E-state index is 4.81. The molecule has 3 aromatic rings. The van der Waals surface area contributed by atoms with Gasteiger partial charge in [-0.15, -0.1) is 10.2 Å². The summed E-state index contributed by atoms with van der Waals surface area (Å²) in [6.45, 7) is 5.14. The number of aliphatic imine (C=N–C) groups is 1. The summed E-state index contributed by atoms with van der Waals surface area (Å²) in [7, 11) is 1.97. The van der Waals surface area contributed by atoms with Gasteiger partial charge in [0.2, 0.25) is 0 Å². The van der Waals surface area contributed by atoms with Crippen LogP contribution < -0.4 is 10.6 Å². The number of benzene rings is 1. The number of hydrogen-bond acceptors (Lipinski definition) is 4. The van der Waals surface area contributed by atoms with Gasteiger partial charge >= 0.3 is 0 Å². The fourth-order valence-electron chi connectivity index (χ4n) is 3.94. The minimum atomic E-state index is 0.115. The van der Waals surface area contributed by atoms with Gasteiger partial charge < -0.3 is 15.2 Å². The van der Waals surface area contributed by atoms with Gasteiger partial charge in [0, 0.05) is 13.2 Å². The van der Waals surface area contributed by atoms with E-state index in [4.69, 9.17) is 10.1 Å². The first-order chi connectivity index (χ1) is 15.1. The third-order valence-electron chi connectivity index (χ3n) is 6.01. The van der Waals surface area contributed by atoms with Crippen molar-refractivity contribution in [3.05, 3.63) is 65.5 Å². The lowest BCUT2D eigenvalue weighted by atomic mass is 10.1. The van der Waals surface area contributed by atoms with E-state index < -0.39 is 0 Å². The Kier molecular flexibility index (Phi) is 6.64. The van der Waals surface area contributed by atoms with Crippen molar-refractivity contribution in [1.82, 2.24) is 35.2 Å². The molecule has 164 valence electrons. The minimum Gasteiger partial charge on any atom is -0.350 e. The van der Waals surface area contributed by atoms with E-state index in [1.165, 1.54) is 31.2 Å². The monoisotopic (exact) mass is 420 g/mol. The molecule has 0 spiro atoms. The average Bonchev–Trinajstić information content (AvgIpc) is 3.54. The number of aromatic nitrogens is 5. The summed E-state index contributed by atoms with van der Waals surface area (Å²) in [4.78, 5) is 4.81. The Balaban J connectivity index is 1.45. The molecule has 8 nitrogen and oxygen atoms in total. The fraction of sp³-hybridized carbons (Fsp3) is 0.478. The quantitative estimate of drug-likeness (QED) is 0.452. The molecule has 1 fully saturated rings. The molecule has 1 aromatic carbocycles. The van der Waals surface area contributed by atoms with Crippen LogP contribution in [0.2, 0.25) is 0 Å². The molecule has 0 amide bonds. The van der Waals surface area contributed by atoms with Gasteiger partial charge in [0.15, 0.2) is 11.8 Å². The number of guanidine groups is 1. The summed E-state index contributed by atoms with van der Waals surface area (Å²) < 4.78 is 4.10. The van der Waals surface area contributed by atoms with E-state index in [0.29, 0.717) is 19.1 Å². The van der Waals surface area contributed by atoms with Gasteiger partial charge in [-0.2, -0.15) is 5.10 Å². The highest BCUT2D eigenvalue weighted by Gasteiger charge is 2.17. The summed E-state index contributed by atoms with van der Waals surface area (Å²) in [5, 5.41) is 20.1. The Morgan fingerprint density at radius 1 is 1.16 bits per heavy atom. The Bertz CT molecular complexity index is 998. The first kappa shape index (κ1) is 21.1. The normalized spacial score (nSPS) is 15.9. The molecule has 0 aliphatic heterocycles. The summed E-state index contributed by atoms with van der Waals surface area (Å²) in [6.07, 6.45) is 7.15. The van der Waals surface area contributed by atoms with Crippen LogP contribution in [0.3, 0.4) is 0 Å². The van der Waals surface area contributed by atoms with Crippen LogP contribution >= 0.6 is 0 Å². The summed E-state index contributed by atoms with van der Waals surface area (Å²) >= 11 is 0. The van der Waals surface area contributed by atoms with Crippen LogP contribution in [0.5, 0.6) is 0 Å². The predicted octanol–water partition coefficient (Wildman–Crippen LogP) is 3.43. The van der Waals surface area contributed by atoms with Gasteiger partial charge in [-0.05, 0) is 38.3 Å². The van der Waals surface area contributed by atoms with Crippen molar-refractivity contribution in [1.29, 1.82) is 0 Å². The summed E-state index contributed by atoms with van der Waals surface area (Å²) in [6, 6.07) is 13.1. The van der Waals surface area contributed by atoms with Crippen molar-refractivity contribution in [3.63, 3.8) is 0 Å². The highest BCUT2D eigenvalue weighted by molar-refractivity contribution is 5.80. The van der Waals surface area contributed by atoms with Crippen LogP contribution in [0.25, 0.3) is 0 Å². The van der Waals surface area contributed by atoms with Crippen LogP contribution in [-0.2, 0) is 20.1 Å². The second kappa shape index (κ2) is 9.76. The Hall–Kier alpha value is -3.16. The summed E-state index contributed by atoms with van der Waals surface area (Å²) in [5.74, 6) is 2.48. The number of nitrogens with one attached hydrogen (secondary N) is 2. The van der Waals surface area contributed by atoms with Crippen LogP contribution in [0.15, 0.2) is 47.6 Å². The van der Waals surface area contributed by atoms with E-state index >= 15 is 0 Å². The second-order valence-electron chi connectivity index (χ2n) is 8.24. The standard InChI is InChI=1S/C23H32N8/c1-17(19-9-5-4-6-10-19)26-23(25-16-22-28-27-18(2)30(22)3)24-15-20-13-14-31(29-20)21-11-7-8-12-21/h4-6,9-10,13-14,17,21H,7-8,11-12,15-16H2,1-3H3,(H2,24,25,26). The molecule has 1 aliphatic carbocycles. The second-order valence-corrected chi connectivity index (χ2v) is 8.24. The zero-order valence-electron chi connectivity index (χ0n) is 18.6. The topological polar surface area (TPSA) is 85.0 Å². The predicted molar refractivity (Wildman–Crippen MR) is 121 cm³/mol. The van der Waals surface area contributed by atoms with Crippen molar-refractivity contribution in [3.8, 4) is 0 Å². The van der Waals surface area contributed by atoms with Crippen molar-refractivity contribution < 1.29 is 0 Å². The highest BCUT2D eigenvalue weighted by Crippen LogP contribution is 2.28. The molecule has 1 unspecified atom stereocenters. The third-order valence-corrected chi connectivity index (χ3v) is 6.01. The highest BCUT2D eigenvalue weighted by atomic mass is 15.3. The lowest BCUT2D eigenvalue weighted by molar-refractivity contribution is 0.463. The molecule has 1 saturated carbocycles. The van der Waals surface area contributed by atoms with E-state index in [1.807, 2.05) is 24.6 Å². The first-order valence-corrected chi connectivity index (χ1v) is 11.1. The molecule has 1 aliphatic rings. The van der Waals surface area contributed by atoms with E-state index in [0.717, 1.165) is 23.3 Å². The van der Waals surface area contributed by atoms with Crippen LogP contribution in [0, 0.1) is 6.92 Å². The molecular weight excluding hydrogens is 388 g/mol. The molecule has 1 atom stereocenters. The molecule has 2 heterocycles. The molecular formula is C23H32N8. The minimum absolute atomic E-state index is 0.115. The largest absolute Gasteiger partial charge is 0.350 e. The number of nitrogens with zero attached hydrogens (tertiary/aromatic N) is 6. The average molecular weight is 421 g/mol. The maximum atomic E-state index is 4.81. The maximum Gasteiger partial charge on any atom is 0.192 e. The van der Waals surface area contributed by atoms with Gasteiger partial charge in [0.25, 0.3) is 0 Å². The SMILES string of the molecule is Cc1nnc(CNC(=NCc2ccn(C3CCCC3)n2)NC(C)c2ccccc2)n1C. The molecule has 2 aromatic heterocycles. The molecule has 0 saturated heterocycles. The smallest absolute Gasteiger partial charge is 0.192 e. The van der Waals surface area contributed by atoms with Crippen LogP contribution in [0.4, 0.5) is 0 Å². The Morgan fingerprint density at radius 3 is 2.65 bits per heavy atom. The van der Waals surface area contributed by atoms with Crippen molar-refractivity contribution >= 4 is 5.96 Å². The van der Waals surface area contributed by atoms with E-state index in [2.05, 4.69) is 69.0 Å². The van der Waals surface area contributed by atoms with E-state index in [-0.39, 0.29) is 6.04 Å². The lowest BCUT2D eigenvalue weighted by Crippen LogP contribution is -2.39. The van der Waals surface area contributed by atoms with Gasteiger partial charge in [0.1, 0.15) is 5.82 Å². The molecule has 0 bridgehead atoms.